The fourth-order valence-corrected chi connectivity index (χ4v) is 4.13. The zero-order valence-electron chi connectivity index (χ0n) is 15.6. The molecule has 0 spiro atoms. The van der Waals surface area contributed by atoms with E-state index in [1.807, 2.05) is 13.0 Å². The number of benzene rings is 2. The quantitative estimate of drug-likeness (QED) is 0.546. The lowest BCUT2D eigenvalue weighted by Crippen LogP contribution is -2.30. The van der Waals surface area contributed by atoms with Gasteiger partial charge < -0.3 is 5.32 Å². The van der Waals surface area contributed by atoms with Gasteiger partial charge in [-0.3, -0.25) is 19.3 Å². The van der Waals surface area contributed by atoms with Crippen LogP contribution in [0.15, 0.2) is 54.1 Å². The van der Waals surface area contributed by atoms with Crippen LogP contribution in [0.4, 0.5) is 11.4 Å². The van der Waals surface area contributed by atoms with Crippen LogP contribution in [0.2, 0.25) is 10.0 Å². The number of anilines is 2. The molecule has 4 rings (SSSR count). The van der Waals surface area contributed by atoms with E-state index in [0.29, 0.717) is 39.8 Å². The number of nitrogens with one attached hydrogen (secondary N) is 1. The van der Waals surface area contributed by atoms with Crippen molar-refractivity contribution in [1.29, 1.82) is 0 Å². The number of imide groups is 1. The standard InChI is InChI=1S/C22H18Cl2N2O3/c1-12-2-8-16-17(10-12)22(29)26(21(16)28)15-6-3-13(4-7-15)20(27)25-14-5-9-18(23)19(24)11-14/h2-7,9,11,16-17H,8,10H2,1H3,(H,25,27)/t16-,17+/m0/s1. The second-order valence-corrected chi connectivity index (χ2v) is 8.16. The maximum atomic E-state index is 12.8. The summed E-state index contributed by atoms with van der Waals surface area (Å²) in [5.41, 5.74) is 2.54. The Morgan fingerprint density at radius 1 is 1.00 bits per heavy atom. The van der Waals surface area contributed by atoms with Crippen LogP contribution in [0, 0.1) is 11.8 Å². The Kier molecular flexibility index (Phi) is 5.19. The topological polar surface area (TPSA) is 66.5 Å². The van der Waals surface area contributed by atoms with E-state index in [1.165, 1.54) is 4.90 Å². The molecule has 1 N–H and O–H groups in total. The molecule has 148 valence electrons. The lowest BCUT2D eigenvalue weighted by molar-refractivity contribution is -0.122. The summed E-state index contributed by atoms with van der Waals surface area (Å²) in [4.78, 5) is 39.3. The predicted octanol–water partition coefficient (Wildman–Crippen LogP) is 5.09. The number of nitrogens with zero attached hydrogens (tertiary/aromatic N) is 1. The molecule has 0 bridgehead atoms. The van der Waals surface area contributed by atoms with E-state index in [4.69, 9.17) is 23.2 Å². The van der Waals surface area contributed by atoms with Gasteiger partial charge in [0, 0.05) is 11.3 Å². The summed E-state index contributed by atoms with van der Waals surface area (Å²) in [5.74, 6) is -1.24. The Morgan fingerprint density at radius 2 is 1.69 bits per heavy atom. The molecule has 2 atom stereocenters. The summed E-state index contributed by atoms with van der Waals surface area (Å²) >= 11 is 11.9. The first kappa shape index (κ1) is 19.7. The molecule has 0 aromatic heterocycles. The number of halogens is 2. The van der Waals surface area contributed by atoms with Gasteiger partial charge in [0.15, 0.2) is 0 Å². The van der Waals surface area contributed by atoms with Gasteiger partial charge in [0.2, 0.25) is 11.8 Å². The summed E-state index contributed by atoms with van der Waals surface area (Å²) in [7, 11) is 0. The SMILES string of the molecule is CC1=CC[C@@H]2C(=O)N(c3ccc(C(=O)Nc4ccc(Cl)c(Cl)c4)cc3)C(=O)[C@@H]2C1. The highest BCUT2D eigenvalue weighted by Crippen LogP contribution is 2.39. The molecule has 1 aliphatic heterocycles. The average Bonchev–Trinajstić information content (AvgIpc) is 2.94. The van der Waals surface area contributed by atoms with E-state index in [-0.39, 0.29) is 29.6 Å². The highest BCUT2D eigenvalue weighted by molar-refractivity contribution is 6.42. The van der Waals surface area contributed by atoms with E-state index < -0.39 is 0 Å². The van der Waals surface area contributed by atoms with Gasteiger partial charge in [-0.05, 0) is 62.2 Å². The Labute approximate surface area is 178 Å². The van der Waals surface area contributed by atoms with Gasteiger partial charge in [-0.2, -0.15) is 0 Å². The fraction of sp³-hybridized carbons (Fsp3) is 0.227. The number of hydrogen-bond acceptors (Lipinski definition) is 3. The molecule has 2 aromatic carbocycles. The third kappa shape index (κ3) is 3.68. The number of fused-ring (bicyclic) bond motifs is 1. The van der Waals surface area contributed by atoms with Crippen molar-refractivity contribution in [3.05, 3.63) is 69.7 Å². The molecule has 1 aliphatic carbocycles. The van der Waals surface area contributed by atoms with Gasteiger partial charge in [-0.25, -0.2) is 0 Å². The number of amides is 3. The third-order valence-electron chi connectivity index (χ3n) is 5.39. The highest BCUT2D eigenvalue weighted by Gasteiger charge is 2.48. The van der Waals surface area contributed by atoms with Crippen LogP contribution in [-0.4, -0.2) is 17.7 Å². The third-order valence-corrected chi connectivity index (χ3v) is 6.13. The van der Waals surface area contributed by atoms with Crippen molar-refractivity contribution in [2.75, 3.05) is 10.2 Å². The van der Waals surface area contributed by atoms with Crippen molar-refractivity contribution >= 4 is 52.3 Å². The van der Waals surface area contributed by atoms with E-state index in [9.17, 15) is 14.4 Å². The molecule has 2 aliphatic rings. The van der Waals surface area contributed by atoms with Gasteiger partial charge in [0.1, 0.15) is 0 Å². The molecule has 1 fully saturated rings. The minimum atomic E-state index is -0.331. The van der Waals surface area contributed by atoms with Crippen LogP contribution < -0.4 is 10.2 Å². The number of carbonyl (C=O) groups is 3. The van der Waals surface area contributed by atoms with Gasteiger partial charge in [0.25, 0.3) is 5.91 Å². The molecule has 7 heteroatoms. The smallest absolute Gasteiger partial charge is 0.255 e. The molecule has 1 heterocycles. The zero-order chi connectivity index (χ0) is 20.7. The number of rotatable bonds is 3. The number of allylic oxidation sites excluding steroid dienone is 2. The second kappa shape index (κ2) is 7.65. The molecular formula is C22H18Cl2N2O3. The maximum absolute atomic E-state index is 12.8. The Balaban J connectivity index is 1.50. The van der Waals surface area contributed by atoms with E-state index in [0.717, 1.165) is 5.57 Å². The summed E-state index contributed by atoms with van der Waals surface area (Å²) < 4.78 is 0. The van der Waals surface area contributed by atoms with Crippen molar-refractivity contribution in [1.82, 2.24) is 0 Å². The van der Waals surface area contributed by atoms with Gasteiger partial charge in [-0.15, -0.1) is 0 Å². The van der Waals surface area contributed by atoms with E-state index >= 15 is 0 Å². The Bertz CT molecular complexity index is 1050. The van der Waals surface area contributed by atoms with Crippen LogP contribution in [-0.2, 0) is 9.59 Å². The first-order valence-corrected chi connectivity index (χ1v) is 10.0. The van der Waals surface area contributed by atoms with Gasteiger partial charge >= 0.3 is 0 Å². The molecule has 1 saturated heterocycles. The minimum Gasteiger partial charge on any atom is -0.322 e. The lowest BCUT2D eigenvalue weighted by atomic mass is 9.82. The summed E-state index contributed by atoms with van der Waals surface area (Å²) in [6.07, 6.45) is 3.25. The van der Waals surface area contributed by atoms with Gasteiger partial charge in [0.05, 0.1) is 27.6 Å². The normalized spacial score (nSPS) is 21.1. The first-order valence-electron chi connectivity index (χ1n) is 9.25. The van der Waals surface area contributed by atoms with E-state index in [1.54, 1.807) is 42.5 Å². The van der Waals surface area contributed by atoms with Crippen molar-refractivity contribution in [2.45, 2.75) is 19.8 Å². The van der Waals surface area contributed by atoms with Crippen LogP contribution >= 0.6 is 23.2 Å². The molecule has 0 radical (unpaired) electrons. The fourth-order valence-electron chi connectivity index (χ4n) is 3.83. The lowest BCUT2D eigenvalue weighted by Gasteiger charge is -2.18. The molecular weight excluding hydrogens is 411 g/mol. The van der Waals surface area contributed by atoms with Gasteiger partial charge in [-0.1, -0.05) is 34.9 Å². The Hall–Kier alpha value is -2.63. The second-order valence-electron chi connectivity index (χ2n) is 7.35. The molecule has 29 heavy (non-hydrogen) atoms. The van der Waals surface area contributed by atoms with Crippen molar-refractivity contribution in [3.63, 3.8) is 0 Å². The molecule has 0 unspecified atom stereocenters. The van der Waals surface area contributed by atoms with E-state index in [2.05, 4.69) is 5.32 Å². The minimum absolute atomic E-state index is 0.166. The number of carbonyl (C=O) groups excluding carboxylic acids is 3. The van der Waals surface area contributed by atoms with Crippen LogP contribution in [0.25, 0.3) is 0 Å². The van der Waals surface area contributed by atoms with Crippen molar-refractivity contribution in [3.8, 4) is 0 Å². The number of hydrogen-bond donors (Lipinski definition) is 1. The first-order chi connectivity index (χ1) is 13.8. The van der Waals surface area contributed by atoms with Crippen molar-refractivity contribution in [2.24, 2.45) is 11.8 Å². The van der Waals surface area contributed by atoms with Crippen LogP contribution in [0.3, 0.4) is 0 Å². The predicted molar refractivity (Wildman–Crippen MR) is 113 cm³/mol. The molecule has 2 aromatic rings. The van der Waals surface area contributed by atoms with Crippen LogP contribution in [0.5, 0.6) is 0 Å². The molecule has 3 amide bonds. The maximum Gasteiger partial charge on any atom is 0.255 e. The monoisotopic (exact) mass is 428 g/mol. The molecule has 0 saturated carbocycles. The largest absolute Gasteiger partial charge is 0.322 e. The summed E-state index contributed by atoms with van der Waals surface area (Å²) in [6.45, 7) is 1.98. The highest BCUT2D eigenvalue weighted by atomic mass is 35.5. The zero-order valence-corrected chi connectivity index (χ0v) is 17.1. The summed E-state index contributed by atoms with van der Waals surface area (Å²) in [6, 6.07) is 11.2. The average molecular weight is 429 g/mol. The summed E-state index contributed by atoms with van der Waals surface area (Å²) in [5, 5.41) is 3.49. The Morgan fingerprint density at radius 3 is 2.38 bits per heavy atom. The van der Waals surface area contributed by atoms with Crippen LogP contribution in [0.1, 0.15) is 30.1 Å². The molecule has 5 nitrogen and oxygen atoms in total. The van der Waals surface area contributed by atoms with Crippen molar-refractivity contribution < 1.29 is 14.4 Å².